The van der Waals surface area contributed by atoms with E-state index in [1.807, 2.05) is 25.1 Å². The van der Waals surface area contributed by atoms with Crippen LogP contribution in [-0.4, -0.2) is 13.1 Å². The van der Waals surface area contributed by atoms with Crippen LogP contribution in [0.5, 0.6) is 0 Å². The van der Waals surface area contributed by atoms with E-state index in [9.17, 15) is 0 Å². The van der Waals surface area contributed by atoms with Crippen molar-refractivity contribution in [2.24, 2.45) is 0 Å². The van der Waals surface area contributed by atoms with Crippen LogP contribution in [-0.2, 0) is 19.5 Å². The number of rotatable bonds is 3. The fraction of sp³-hybridized carbons (Fsp3) is 0.455. The van der Waals surface area contributed by atoms with Crippen LogP contribution in [0.4, 0.5) is 11.4 Å². The van der Waals surface area contributed by atoms with Gasteiger partial charge in [0.05, 0.1) is 0 Å². The van der Waals surface area contributed by atoms with E-state index >= 15 is 0 Å². The molecule has 0 aliphatic rings. The molecule has 0 unspecified atom stereocenters. The second-order valence-corrected chi connectivity index (χ2v) is 3.24. The number of hydrogen-bond acceptors (Lipinski definition) is 2. The van der Waals surface area contributed by atoms with Crippen LogP contribution < -0.4 is 17.3 Å². The van der Waals surface area contributed by atoms with Gasteiger partial charge in [-0.1, -0.05) is 0 Å². The number of halogens is 1. The molecule has 16 heavy (non-hydrogen) atoms. The van der Waals surface area contributed by atoms with Crippen LogP contribution in [0.2, 0.25) is 0 Å². The van der Waals surface area contributed by atoms with Crippen molar-refractivity contribution < 1.29 is 31.9 Å². The van der Waals surface area contributed by atoms with Crippen molar-refractivity contribution in [3.8, 4) is 0 Å². The van der Waals surface area contributed by atoms with E-state index in [2.05, 4.69) is 23.7 Å². The molecule has 0 saturated carbocycles. The Hall–Kier alpha value is -0.647. The molecule has 3 nitrogen and oxygen atoms in total. The van der Waals surface area contributed by atoms with E-state index in [1.54, 1.807) is 0 Å². The zero-order valence-corrected chi connectivity index (χ0v) is 13.8. The van der Waals surface area contributed by atoms with Gasteiger partial charge >= 0.3 is 25.2 Å². The summed E-state index contributed by atoms with van der Waals surface area (Å²) in [6, 6.07) is 5.86. The van der Waals surface area contributed by atoms with Crippen molar-refractivity contribution >= 4 is 11.4 Å². The quantitative estimate of drug-likeness (QED) is 0.593. The van der Waals surface area contributed by atoms with Gasteiger partial charge < -0.3 is 17.3 Å². The van der Waals surface area contributed by atoms with Crippen LogP contribution in [0.25, 0.3) is 4.98 Å². The topological polar surface area (TPSA) is 31.4 Å². The largest absolute Gasteiger partial charge is 2.00 e. The average Bonchev–Trinajstić information content (AvgIpc) is 2.20. The van der Waals surface area contributed by atoms with Gasteiger partial charge in [-0.15, -0.1) is 0 Å². The van der Waals surface area contributed by atoms with E-state index in [0.717, 1.165) is 18.7 Å². The summed E-state index contributed by atoms with van der Waals surface area (Å²) in [5.41, 5.74) is 2.82. The Morgan fingerprint density at radius 2 is 1.81 bits per heavy atom. The summed E-state index contributed by atoms with van der Waals surface area (Å²) < 4.78 is 0. The molecule has 0 radical (unpaired) electrons. The number of hydrogen-bond donors (Lipinski definition) is 0. The Morgan fingerprint density at radius 3 is 2.19 bits per heavy atom. The van der Waals surface area contributed by atoms with Gasteiger partial charge in [0.25, 0.3) is 0 Å². The maximum absolute atomic E-state index is 8.67. The summed E-state index contributed by atoms with van der Waals surface area (Å²) in [4.78, 5) is 5.46. The molecule has 82 valence electrons. The fourth-order valence-electron chi connectivity index (χ4n) is 1.54. The molecule has 0 aliphatic heterocycles. The normalized spacial score (nSPS) is 8.38. The third-order valence-corrected chi connectivity index (χ3v) is 2.42. The van der Waals surface area contributed by atoms with Gasteiger partial charge in [0.15, 0.2) is 4.98 Å². The third-order valence-electron chi connectivity index (χ3n) is 2.42. The Morgan fingerprint density at radius 1 is 1.25 bits per heavy atom. The first-order chi connectivity index (χ1) is 6.72. The molecule has 0 heterocycles. The SMILES string of the molecule is CCN(CC)c1ccc([N+]#N)c(C)c1.[Cl-].[Zn+2]. The first kappa shape index (κ1) is 17.7. The van der Waals surface area contributed by atoms with Crippen molar-refractivity contribution in [3.05, 3.63) is 28.7 Å². The Balaban J connectivity index is 0. The zero-order chi connectivity index (χ0) is 10.6. The summed E-state index contributed by atoms with van der Waals surface area (Å²) >= 11 is 0. The first-order valence-corrected chi connectivity index (χ1v) is 4.93. The van der Waals surface area contributed by atoms with Gasteiger partial charge in [-0.25, -0.2) is 0 Å². The minimum Gasteiger partial charge on any atom is -1.00 e. The molecule has 0 fully saturated rings. The molecule has 0 aromatic heterocycles. The minimum absolute atomic E-state index is 0. The van der Waals surface area contributed by atoms with Crippen LogP contribution in [0.3, 0.4) is 0 Å². The molecule has 5 heteroatoms. The van der Waals surface area contributed by atoms with Crippen molar-refractivity contribution in [1.82, 2.24) is 0 Å². The minimum atomic E-state index is 0. The molecule has 1 aromatic carbocycles. The van der Waals surface area contributed by atoms with Gasteiger partial charge in [-0.3, -0.25) is 0 Å². The van der Waals surface area contributed by atoms with Crippen molar-refractivity contribution in [1.29, 1.82) is 5.39 Å². The molecule has 0 bridgehead atoms. The smallest absolute Gasteiger partial charge is 1.00 e. The number of aryl methyl sites for hydroxylation is 1. The molecule has 0 atom stereocenters. The molecule has 0 amide bonds. The number of diazo groups is 1. The first-order valence-electron chi connectivity index (χ1n) is 4.93. The summed E-state index contributed by atoms with van der Waals surface area (Å²) in [6.07, 6.45) is 0. The Labute approximate surface area is 116 Å². The number of benzene rings is 1. The van der Waals surface area contributed by atoms with Crippen molar-refractivity contribution in [2.75, 3.05) is 18.0 Å². The monoisotopic (exact) mass is 289 g/mol. The van der Waals surface area contributed by atoms with Crippen molar-refractivity contribution in [2.45, 2.75) is 20.8 Å². The predicted octanol–water partition coefficient (Wildman–Crippen LogP) is 0.327. The molecular formula is C11H16ClN3Zn+2. The molecule has 0 spiro atoms. The van der Waals surface area contributed by atoms with Crippen LogP contribution in [0, 0.1) is 12.3 Å². The molecule has 0 aliphatic carbocycles. The second kappa shape index (κ2) is 8.50. The van der Waals surface area contributed by atoms with Gasteiger partial charge in [0.2, 0.25) is 5.39 Å². The molecule has 0 saturated heterocycles. The van der Waals surface area contributed by atoms with E-state index < -0.39 is 0 Å². The molecule has 1 aromatic rings. The fourth-order valence-corrected chi connectivity index (χ4v) is 1.54. The molecule has 1 rings (SSSR count). The maximum atomic E-state index is 8.67. The van der Waals surface area contributed by atoms with Crippen LogP contribution in [0.15, 0.2) is 18.2 Å². The predicted molar refractivity (Wildman–Crippen MR) is 59.5 cm³/mol. The van der Waals surface area contributed by atoms with Gasteiger partial charge in [0, 0.05) is 30.4 Å². The summed E-state index contributed by atoms with van der Waals surface area (Å²) in [7, 11) is 0. The van der Waals surface area contributed by atoms with Crippen molar-refractivity contribution in [3.63, 3.8) is 0 Å². The maximum Gasteiger partial charge on any atom is 2.00 e. The van der Waals surface area contributed by atoms with E-state index in [1.165, 1.54) is 5.69 Å². The third kappa shape index (κ3) is 4.08. The van der Waals surface area contributed by atoms with Gasteiger partial charge in [-0.2, -0.15) is 0 Å². The van der Waals surface area contributed by atoms with Crippen LogP contribution in [0.1, 0.15) is 19.4 Å². The zero-order valence-electron chi connectivity index (χ0n) is 10.1. The van der Waals surface area contributed by atoms with Crippen LogP contribution >= 0.6 is 0 Å². The summed E-state index contributed by atoms with van der Waals surface area (Å²) in [6.45, 7) is 8.19. The summed E-state index contributed by atoms with van der Waals surface area (Å²) in [5, 5.41) is 8.67. The van der Waals surface area contributed by atoms with Gasteiger partial charge in [-0.05, 0) is 32.9 Å². The Kier molecular flexibility index (Phi) is 9.42. The second-order valence-electron chi connectivity index (χ2n) is 3.24. The van der Waals surface area contributed by atoms with Gasteiger partial charge in [0.1, 0.15) is 0 Å². The molecular weight excluding hydrogens is 275 g/mol. The van der Waals surface area contributed by atoms with E-state index in [0.29, 0.717) is 5.69 Å². The number of nitrogens with zero attached hydrogens (tertiary/aromatic N) is 3. The standard InChI is InChI=1S/C11H16N3.ClH.Zn/c1-4-14(5-2)10-6-7-11(13-12)9(3)8-10;;/h6-8H,4-5H2,1-3H3;1H;/q+1;;+2/p-1. The van der Waals surface area contributed by atoms with E-state index in [4.69, 9.17) is 5.39 Å². The summed E-state index contributed by atoms with van der Waals surface area (Å²) in [5.74, 6) is 0. The van der Waals surface area contributed by atoms with E-state index in [-0.39, 0.29) is 31.9 Å². The number of anilines is 1. The Bertz CT molecular complexity index is 359. The molecule has 0 N–H and O–H groups in total. The average molecular weight is 291 g/mol.